The Kier molecular flexibility index (Phi) is 5.32. The molecule has 0 bridgehead atoms. The number of nitrogens with one attached hydrogen (secondary N) is 2. The highest BCUT2D eigenvalue weighted by Crippen LogP contribution is 2.32. The van der Waals surface area contributed by atoms with Crippen LogP contribution in [0.1, 0.15) is 15.2 Å². The van der Waals surface area contributed by atoms with Gasteiger partial charge in [-0.1, -0.05) is 24.3 Å². The number of carbonyl (C=O) groups excluding carboxylic acids is 3. The maximum absolute atomic E-state index is 12.6. The highest BCUT2D eigenvalue weighted by molar-refractivity contribution is 8.18. The van der Waals surface area contributed by atoms with E-state index in [1.54, 1.807) is 30.3 Å². The highest BCUT2D eigenvalue weighted by atomic mass is 32.2. The van der Waals surface area contributed by atoms with Gasteiger partial charge in [-0.3, -0.25) is 24.1 Å². The second kappa shape index (κ2) is 8.06. The number of aromatic amines is 1. The molecular formula is C20H15N3O4S2. The SMILES string of the molecule is O=C(NCCN1C(=O)S/C(=C\c2cccs2)C1=O)c1cc(=O)[nH]c2ccccc12. The first-order valence-corrected chi connectivity index (χ1v) is 10.4. The van der Waals surface area contributed by atoms with Gasteiger partial charge < -0.3 is 10.3 Å². The molecule has 1 fully saturated rings. The average Bonchev–Trinajstić information content (AvgIpc) is 3.31. The Labute approximate surface area is 173 Å². The van der Waals surface area contributed by atoms with Crippen LogP contribution in [0, 0.1) is 0 Å². The number of pyridine rings is 1. The predicted octanol–water partition coefficient (Wildman–Crippen LogP) is 3.06. The summed E-state index contributed by atoms with van der Waals surface area (Å²) in [5.74, 6) is -0.808. The zero-order valence-corrected chi connectivity index (χ0v) is 16.6. The lowest BCUT2D eigenvalue weighted by atomic mass is 10.1. The first-order chi connectivity index (χ1) is 14.0. The molecule has 1 aromatic carbocycles. The van der Waals surface area contributed by atoms with Gasteiger partial charge in [-0.25, -0.2) is 0 Å². The number of thiophene rings is 1. The molecule has 1 saturated heterocycles. The standard InChI is InChI=1S/C20H15N3O4S2/c24-17-11-14(13-5-1-2-6-15(13)22-17)18(25)21-7-8-23-19(26)16(29-20(23)27)10-12-4-3-9-28-12/h1-6,9-11H,7-8H2,(H,21,25)(H,22,24)/b16-10-. The topological polar surface area (TPSA) is 99.3 Å². The minimum absolute atomic E-state index is 0.0549. The maximum atomic E-state index is 12.6. The van der Waals surface area contributed by atoms with Crippen molar-refractivity contribution in [3.63, 3.8) is 0 Å². The molecule has 29 heavy (non-hydrogen) atoms. The monoisotopic (exact) mass is 425 g/mol. The minimum atomic E-state index is -0.437. The third-order valence-electron chi connectivity index (χ3n) is 4.31. The number of benzene rings is 1. The van der Waals surface area contributed by atoms with Gasteiger partial charge in [-0.05, 0) is 35.4 Å². The van der Waals surface area contributed by atoms with Gasteiger partial charge in [0.25, 0.3) is 17.1 Å². The molecule has 1 aliphatic rings. The van der Waals surface area contributed by atoms with Crippen LogP contribution in [0.25, 0.3) is 17.0 Å². The van der Waals surface area contributed by atoms with Crippen LogP contribution < -0.4 is 10.9 Å². The Bertz CT molecular complexity index is 1200. The van der Waals surface area contributed by atoms with E-state index in [0.717, 1.165) is 21.5 Å². The second-order valence-corrected chi connectivity index (χ2v) is 8.17. The van der Waals surface area contributed by atoms with Crippen LogP contribution in [0.4, 0.5) is 4.79 Å². The Balaban J connectivity index is 1.43. The van der Waals surface area contributed by atoms with E-state index in [4.69, 9.17) is 0 Å². The van der Waals surface area contributed by atoms with Crippen molar-refractivity contribution in [1.29, 1.82) is 0 Å². The first-order valence-electron chi connectivity index (χ1n) is 8.72. The third-order valence-corrected chi connectivity index (χ3v) is 6.03. The van der Waals surface area contributed by atoms with Crippen LogP contribution in [0.2, 0.25) is 0 Å². The van der Waals surface area contributed by atoms with Crippen LogP contribution in [0.15, 0.2) is 57.5 Å². The van der Waals surface area contributed by atoms with E-state index in [-0.39, 0.29) is 35.4 Å². The van der Waals surface area contributed by atoms with Gasteiger partial charge in [0.15, 0.2) is 0 Å². The molecule has 9 heteroatoms. The number of nitrogens with zero attached hydrogens (tertiary/aromatic N) is 1. The zero-order valence-electron chi connectivity index (χ0n) is 15.0. The quantitative estimate of drug-likeness (QED) is 0.612. The van der Waals surface area contributed by atoms with E-state index >= 15 is 0 Å². The van der Waals surface area contributed by atoms with Crippen LogP contribution in [-0.4, -0.2) is 40.0 Å². The van der Waals surface area contributed by atoms with Crippen molar-refractivity contribution < 1.29 is 14.4 Å². The van der Waals surface area contributed by atoms with E-state index < -0.39 is 5.91 Å². The van der Waals surface area contributed by atoms with Crippen LogP contribution in [0.5, 0.6) is 0 Å². The Morgan fingerprint density at radius 1 is 1.14 bits per heavy atom. The lowest BCUT2D eigenvalue weighted by molar-refractivity contribution is -0.122. The second-order valence-electron chi connectivity index (χ2n) is 6.20. The molecule has 2 aromatic heterocycles. The molecule has 0 unspecified atom stereocenters. The van der Waals surface area contributed by atoms with Crippen molar-refractivity contribution in [2.24, 2.45) is 0 Å². The van der Waals surface area contributed by atoms with Crippen LogP contribution in [-0.2, 0) is 4.79 Å². The van der Waals surface area contributed by atoms with Gasteiger partial charge >= 0.3 is 0 Å². The summed E-state index contributed by atoms with van der Waals surface area (Å²) < 4.78 is 0. The fourth-order valence-electron chi connectivity index (χ4n) is 2.96. The number of thioether (sulfide) groups is 1. The fourth-order valence-corrected chi connectivity index (χ4v) is 4.55. The predicted molar refractivity (Wildman–Crippen MR) is 114 cm³/mol. The van der Waals surface area contributed by atoms with Crippen LogP contribution >= 0.6 is 23.1 Å². The largest absolute Gasteiger partial charge is 0.350 e. The van der Waals surface area contributed by atoms with Crippen molar-refractivity contribution >= 4 is 57.1 Å². The molecule has 3 aromatic rings. The van der Waals surface area contributed by atoms with Gasteiger partial charge in [0.2, 0.25) is 5.56 Å². The first kappa shape index (κ1) is 19.2. The van der Waals surface area contributed by atoms with Gasteiger partial charge in [0, 0.05) is 34.9 Å². The van der Waals surface area contributed by atoms with E-state index in [1.807, 2.05) is 17.5 Å². The summed E-state index contributed by atoms with van der Waals surface area (Å²) >= 11 is 2.36. The number of amides is 3. The molecule has 4 rings (SSSR count). The molecule has 0 atom stereocenters. The van der Waals surface area contributed by atoms with Crippen molar-refractivity contribution in [3.8, 4) is 0 Å². The number of rotatable bonds is 5. The van der Waals surface area contributed by atoms with Gasteiger partial charge in [0.05, 0.1) is 10.5 Å². The number of fused-ring (bicyclic) bond motifs is 1. The summed E-state index contributed by atoms with van der Waals surface area (Å²) in [5, 5.41) is 4.83. The van der Waals surface area contributed by atoms with Gasteiger partial charge in [-0.15, -0.1) is 11.3 Å². The molecular weight excluding hydrogens is 410 g/mol. The van der Waals surface area contributed by atoms with Gasteiger partial charge in [-0.2, -0.15) is 0 Å². The summed E-state index contributed by atoms with van der Waals surface area (Å²) in [5.41, 5.74) is 0.435. The molecule has 3 amide bonds. The van der Waals surface area contributed by atoms with Crippen molar-refractivity contribution in [2.75, 3.05) is 13.1 Å². The molecule has 0 aliphatic carbocycles. The minimum Gasteiger partial charge on any atom is -0.350 e. The number of carbonyl (C=O) groups is 3. The highest BCUT2D eigenvalue weighted by Gasteiger charge is 2.34. The summed E-state index contributed by atoms with van der Waals surface area (Å²) in [7, 11) is 0. The molecule has 146 valence electrons. The summed E-state index contributed by atoms with van der Waals surface area (Å²) in [6, 6.07) is 12.0. The Morgan fingerprint density at radius 3 is 2.76 bits per heavy atom. The number of imide groups is 1. The number of hydrogen-bond acceptors (Lipinski definition) is 6. The fraction of sp³-hybridized carbons (Fsp3) is 0.100. The maximum Gasteiger partial charge on any atom is 0.293 e. The van der Waals surface area contributed by atoms with E-state index in [9.17, 15) is 19.2 Å². The van der Waals surface area contributed by atoms with Crippen molar-refractivity contribution in [1.82, 2.24) is 15.2 Å². The number of para-hydroxylation sites is 1. The molecule has 0 saturated carbocycles. The summed E-state index contributed by atoms with van der Waals surface area (Å²) in [6.45, 7) is 0.142. The Hall–Kier alpha value is -3.17. The molecule has 0 radical (unpaired) electrons. The third kappa shape index (κ3) is 4.01. The Morgan fingerprint density at radius 2 is 1.97 bits per heavy atom. The van der Waals surface area contributed by atoms with E-state index in [0.29, 0.717) is 15.8 Å². The lowest BCUT2D eigenvalue weighted by Gasteiger charge is -2.13. The van der Waals surface area contributed by atoms with E-state index in [1.165, 1.54) is 17.4 Å². The summed E-state index contributed by atoms with van der Waals surface area (Å²) in [4.78, 5) is 54.0. The van der Waals surface area contributed by atoms with Crippen molar-refractivity contribution in [3.05, 3.63) is 73.5 Å². The number of hydrogen-bond donors (Lipinski definition) is 2. The molecule has 0 spiro atoms. The molecule has 3 heterocycles. The van der Waals surface area contributed by atoms with Crippen LogP contribution in [0.3, 0.4) is 0 Å². The van der Waals surface area contributed by atoms with Gasteiger partial charge in [0.1, 0.15) is 0 Å². The average molecular weight is 425 g/mol. The number of aromatic nitrogens is 1. The smallest absolute Gasteiger partial charge is 0.293 e. The normalized spacial score (nSPS) is 15.4. The zero-order chi connectivity index (χ0) is 20.4. The molecule has 2 N–H and O–H groups in total. The van der Waals surface area contributed by atoms with Crippen molar-refractivity contribution in [2.45, 2.75) is 0 Å². The summed E-state index contributed by atoms with van der Waals surface area (Å²) in [6.07, 6.45) is 1.69. The molecule has 7 nitrogen and oxygen atoms in total. The van der Waals surface area contributed by atoms with E-state index in [2.05, 4.69) is 10.3 Å². The lowest BCUT2D eigenvalue weighted by Crippen LogP contribution is -2.37. The number of H-pyrrole nitrogens is 1. The molecule has 1 aliphatic heterocycles.